The molecule has 0 amide bonds. The summed E-state index contributed by atoms with van der Waals surface area (Å²) >= 11 is 11.2. The molecule has 2 rings (SSSR count). The topological polar surface area (TPSA) is 35.2 Å². The van der Waals surface area contributed by atoms with E-state index in [4.69, 9.17) is 34.3 Å². The molecule has 20 heavy (non-hydrogen) atoms. The highest BCUT2D eigenvalue weighted by molar-refractivity contribution is 7.80. The van der Waals surface area contributed by atoms with Crippen LogP contribution in [0, 0.1) is 20.8 Å². The summed E-state index contributed by atoms with van der Waals surface area (Å²) in [4.78, 5) is 0.229. The van der Waals surface area contributed by atoms with Gasteiger partial charge in [-0.05, 0) is 55.7 Å². The van der Waals surface area contributed by atoms with Gasteiger partial charge in [-0.2, -0.15) is 0 Å². The predicted molar refractivity (Wildman–Crippen MR) is 88.1 cm³/mol. The van der Waals surface area contributed by atoms with Crippen LogP contribution >= 0.6 is 23.8 Å². The lowest BCUT2D eigenvalue weighted by molar-refractivity contribution is 0.477. The number of nitrogens with two attached hydrogens (primary N) is 1. The molecule has 104 valence electrons. The van der Waals surface area contributed by atoms with Crippen molar-refractivity contribution in [1.82, 2.24) is 0 Å². The highest BCUT2D eigenvalue weighted by Crippen LogP contribution is 2.33. The highest BCUT2D eigenvalue weighted by Gasteiger charge is 2.13. The Balaban J connectivity index is 2.51. The second kappa shape index (κ2) is 5.81. The van der Waals surface area contributed by atoms with Gasteiger partial charge < -0.3 is 10.5 Å². The van der Waals surface area contributed by atoms with Crippen LogP contribution in [0.3, 0.4) is 0 Å². The SMILES string of the molecule is Cc1cc(C)c(C)c(Oc2cccc(Cl)c2C(N)=S)c1. The van der Waals surface area contributed by atoms with Crippen LogP contribution in [-0.2, 0) is 0 Å². The standard InChI is InChI=1S/C16H16ClNOS/c1-9-7-10(2)11(3)14(8-9)19-13-6-4-5-12(17)15(13)16(18)20/h4-8H,1-3H3,(H2,18,20). The molecule has 0 aliphatic rings. The zero-order valence-electron chi connectivity index (χ0n) is 11.7. The second-order valence-corrected chi connectivity index (χ2v) is 5.63. The van der Waals surface area contributed by atoms with E-state index in [1.807, 2.05) is 32.0 Å². The molecule has 2 aromatic carbocycles. The third kappa shape index (κ3) is 2.94. The zero-order valence-corrected chi connectivity index (χ0v) is 13.2. The molecule has 0 saturated carbocycles. The molecule has 2 aromatic rings. The quantitative estimate of drug-likeness (QED) is 0.835. The molecule has 0 atom stereocenters. The van der Waals surface area contributed by atoms with Crippen LogP contribution in [-0.4, -0.2) is 4.99 Å². The average molecular weight is 306 g/mol. The maximum Gasteiger partial charge on any atom is 0.139 e. The van der Waals surface area contributed by atoms with Crippen LogP contribution in [0.25, 0.3) is 0 Å². The van der Waals surface area contributed by atoms with Gasteiger partial charge in [-0.1, -0.05) is 36.0 Å². The largest absolute Gasteiger partial charge is 0.456 e. The molecular weight excluding hydrogens is 290 g/mol. The van der Waals surface area contributed by atoms with Crippen molar-refractivity contribution >= 4 is 28.8 Å². The summed E-state index contributed by atoms with van der Waals surface area (Å²) in [6, 6.07) is 9.49. The molecule has 2 N–H and O–H groups in total. The van der Waals surface area contributed by atoms with E-state index in [-0.39, 0.29) is 4.99 Å². The van der Waals surface area contributed by atoms with E-state index in [0.29, 0.717) is 16.3 Å². The molecule has 0 heterocycles. The van der Waals surface area contributed by atoms with Gasteiger partial charge in [0, 0.05) is 0 Å². The van der Waals surface area contributed by atoms with Gasteiger partial charge in [0.15, 0.2) is 0 Å². The maximum absolute atomic E-state index is 6.15. The fourth-order valence-corrected chi connectivity index (χ4v) is 2.59. The van der Waals surface area contributed by atoms with Crippen molar-refractivity contribution in [2.75, 3.05) is 0 Å². The molecule has 0 aliphatic carbocycles. The average Bonchev–Trinajstić information content (AvgIpc) is 2.35. The minimum Gasteiger partial charge on any atom is -0.456 e. The first-order valence-corrected chi connectivity index (χ1v) is 7.02. The van der Waals surface area contributed by atoms with Crippen LogP contribution in [0.15, 0.2) is 30.3 Å². The van der Waals surface area contributed by atoms with Gasteiger partial charge >= 0.3 is 0 Å². The van der Waals surface area contributed by atoms with Crippen molar-refractivity contribution in [3.63, 3.8) is 0 Å². The fraction of sp³-hybridized carbons (Fsp3) is 0.188. The lowest BCUT2D eigenvalue weighted by atomic mass is 10.1. The highest BCUT2D eigenvalue weighted by atomic mass is 35.5. The summed E-state index contributed by atoms with van der Waals surface area (Å²) in [5.74, 6) is 1.38. The Bertz CT molecular complexity index is 682. The molecule has 0 bridgehead atoms. The van der Waals surface area contributed by atoms with E-state index < -0.39 is 0 Å². The predicted octanol–water partition coefficient (Wildman–Crippen LogP) is 4.69. The van der Waals surface area contributed by atoms with E-state index in [1.165, 1.54) is 5.56 Å². The molecule has 2 nitrogen and oxygen atoms in total. The fourth-order valence-electron chi connectivity index (χ4n) is 2.05. The first-order chi connectivity index (χ1) is 9.40. The number of rotatable bonds is 3. The Labute approximate surface area is 129 Å². The first-order valence-electron chi connectivity index (χ1n) is 6.24. The molecule has 0 radical (unpaired) electrons. The Morgan fingerprint density at radius 2 is 1.85 bits per heavy atom. The van der Waals surface area contributed by atoms with Crippen molar-refractivity contribution in [3.05, 3.63) is 57.6 Å². The number of halogens is 1. The molecule has 0 fully saturated rings. The summed E-state index contributed by atoms with van der Waals surface area (Å²) in [5, 5.41) is 0.497. The Morgan fingerprint density at radius 1 is 1.15 bits per heavy atom. The van der Waals surface area contributed by atoms with Gasteiger partial charge in [0.2, 0.25) is 0 Å². The van der Waals surface area contributed by atoms with Gasteiger partial charge in [-0.25, -0.2) is 0 Å². The normalized spacial score (nSPS) is 10.4. The smallest absolute Gasteiger partial charge is 0.139 e. The number of aryl methyl sites for hydroxylation is 2. The van der Waals surface area contributed by atoms with Gasteiger partial charge in [0.05, 0.1) is 10.6 Å². The van der Waals surface area contributed by atoms with Crippen LogP contribution in [0.4, 0.5) is 0 Å². The number of thiocarbonyl (C=S) groups is 1. The molecule has 4 heteroatoms. The number of hydrogen-bond acceptors (Lipinski definition) is 2. The van der Waals surface area contributed by atoms with Gasteiger partial charge in [-0.3, -0.25) is 0 Å². The monoisotopic (exact) mass is 305 g/mol. The molecule has 0 saturated heterocycles. The minimum absolute atomic E-state index is 0.229. The van der Waals surface area contributed by atoms with Gasteiger partial charge in [0.1, 0.15) is 16.5 Å². The van der Waals surface area contributed by atoms with Crippen molar-refractivity contribution in [1.29, 1.82) is 0 Å². The van der Waals surface area contributed by atoms with Crippen molar-refractivity contribution in [2.24, 2.45) is 5.73 Å². The Hall–Kier alpha value is -1.58. The van der Waals surface area contributed by atoms with Crippen molar-refractivity contribution in [3.8, 4) is 11.5 Å². The number of hydrogen-bond donors (Lipinski definition) is 1. The third-order valence-electron chi connectivity index (χ3n) is 3.21. The summed E-state index contributed by atoms with van der Waals surface area (Å²) in [7, 11) is 0. The van der Waals surface area contributed by atoms with E-state index in [9.17, 15) is 0 Å². The van der Waals surface area contributed by atoms with Crippen LogP contribution < -0.4 is 10.5 Å². The van der Waals surface area contributed by atoms with E-state index in [1.54, 1.807) is 6.07 Å². The van der Waals surface area contributed by atoms with Crippen LogP contribution in [0.5, 0.6) is 11.5 Å². The first kappa shape index (κ1) is 14.8. The summed E-state index contributed by atoms with van der Waals surface area (Å²) in [6.45, 7) is 6.11. The summed E-state index contributed by atoms with van der Waals surface area (Å²) in [5.41, 5.74) is 9.71. The van der Waals surface area contributed by atoms with E-state index >= 15 is 0 Å². The molecule has 0 aromatic heterocycles. The van der Waals surface area contributed by atoms with Crippen LogP contribution in [0.2, 0.25) is 5.02 Å². The summed E-state index contributed by atoms with van der Waals surface area (Å²) < 4.78 is 5.99. The van der Waals surface area contributed by atoms with Crippen LogP contribution in [0.1, 0.15) is 22.3 Å². The minimum atomic E-state index is 0.229. The Morgan fingerprint density at radius 3 is 2.50 bits per heavy atom. The van der Waals surface area contributed by atoms with Crippen molar-refractivity contribution < 1.29 is 4.74 Å². The lowest BCUT2D eigenvalue weighted by Gasteiger charge is -2.15. The zero-order chi connectivity index (χ0) is 14.9. The van der Waals surface area contributed by atoms with E-state index in [0.717, 1.165) is 16.9 Å². The number of benzene rings is 2. The second-order valence-electron chi connectivity index (χ2n) is 4.78. The molecule has 0 spiro atoms. The maximum atomic E-state index is 6.15. The van der Waals surface area contributed by atoms with Gasteiger partial charge in [0.25, 0.3) is 0 Å². The molecule has 0 aliphatic heterocycles. The Kier molecular flexibility index (Phi) is 4.31. The summed E-state index contributed by atoms with van der Waals surface area (Å²) in [6.07, 6.45) is 0. The van der Waals surface area contributed by atoms with E-state index in [2.05, 4.69) is 13.0 Å². The van der Waals surface area contributed by atoms with Crippen molar-refractivity contribution in [2.45, 2.75) is 20.8 Å². The van der Waals surface area contributed by atoms with Gasteiger partial charge in [-0.15, -0.1) is 0 Å². The molecular formula is C16H16ClNOS. The molecule has 0 unspecified atom stereocenters. The third-order valence-corrected chi connectivity index (χ3v) is 3.72. The lowest BCUT2D eigenvalue weighted by Crippen LogP contribution is -2.11. The number of ether oxygens (including phenoxy) is 1.